The number of carbonyl (C=O) groups excluding carboxylic acids is 1. The van der Waals surface area contributed by atoms with Crippen LogP contribution in [-0.4, -0.2) is 5.91 Å². The van der Waals surface area contributed by atoms with E-state index in [1.54, 1.807) is 24.3 Å². The van der Waals surface area contributed by atoms with Crippen LogP contribution in [-0.2, 0) is 16.8 Å². The summed E-state index contributed by atoms with van der Waals surface area (Å²) in [4.78, 5) is 12.1. The average Bonchev–Trinajstić information content (AvgIpc) is 2.41. The van der Waals surface area contributed by atoms with Crippen LogP contribution in [0.15, 0.2) is 48.5 Å². The molecular weight excluding hydrogens is 289 g/mol. The van der Waals surface area contributed by atoms with Gasteiger partial charge >= 0.3 is 0 Å². The number of hydrogen-bond acceptors (Lipinski definition) is 1. The minimum atomic E-state index is -0.498. The van der Waals surface area contributed by atoms with Crippen molar-refractivity contribution >= 4 is 17.5 Å². The van der Waals surface area contributed by atoms with Crippen LogP contribution in [0.25, 0.3) is 0 Å². The minimum Gasteiger partial charge on any atom is -0.347 e. The van der Waals surface area contributed by atoms with Gasteiger partial charge in [-0.25, -0.2) is 4.39 Å². The molecule has 0 fully saturated rings. The molecule has 2 aromatic carbocycles. The molecule has 4 heteroatoms. The Bertz CT molecular complexity index is 620. The van der Waals surface area contributed by atoms with Crippen LogP contribution in [0, 0.1) is 5.82 Å². The summed E-state index contributed by atoms with van der Waals surface area (Å²) in [6, 6.07) is 13.3. The van der Waals surface area contributed by atoms with E-state index in [1.807, 2.05) is 26.0 Å². The van der Waals surface area contributed by atoms with Gasteiger partial charge in [0, 0.05) is 5.02 Å². The summed E-state index contributed by atoms with van der Waals surface area (Å²) in [5.41, 5.74) is 1.25. The molecule has 21 heavy (non-hydrogen) atoms. The highest BCUT2D eigenvalue weighted by molar-refractivity contribution is 6.30. The fraction of sp³-hybridized carbons (Fsp3) is 0.235. The van der Waals surface area contributed by atoms with Crippen molar-refractivity contribution in [2.45, 2.75) is 25.8 Å². The first-order chi connectivity index (χ1) is 9.87. The molecular formula is C17H17ClFNO. The lowest BCUT2D eigenvalue weighted by atomic mass is 9.94. The number of amides is 1. The molecule has 1 amide bonds. The highest BCUT2D eigenvalue weighted by Crippen LogP contribution is 2.22. The van der Waals surface area contributed by atoms with Crippen LogP contribution in [0.4, 0.5) is 4.39 Å². The van der Waals surface area contributed by atoms with E-state index in [4.69, 9.17) is 11.6 Å². The van der Waals surface area contributed by atoms with Crippen molar-refractivity contribution in [2.24, 2.45) is 0 Å². The van der Waals surface area contributed by atoms with Crippen LogP contribution in [0.2, 0.25) is 5.02 Å². The zero-order valence-corrected chi connectivity index (χ0v) is 12.7. The Labute approximate surface area is 128 Å². The van der Waals surface area contributed by atoms with Gasteiger partial charge in [-0.2, -0.15) is 0 Å². The van der Waals surface area contributed by atoms with E-state index in [9.17, 15) is 9.18 Å². The summed E-state index contributed by atoms with van der Waals surface area (Å²) < 4.78 is 12.8. The number of halogens is 2. The highest BCUT2D eigenvalue weighted by atomic mass is 35.5. The van der Waals surface area contributed by atoms with Crippen molar-refractivity contribution in [3.63, 3.8) is 0 Å². The lowest BCUT2D eigenvalue weighted by Gasteiger charge is -2.27. The van der Waals surface area contributed by atoms with Crippen LogP contribution < -0.4 is 5.32 Å². The number of nitrogens with one attached hydrogen (secondary N) is 1. The fourth-order valence-corrected chi connectivity index (χ4v) is 2.25. The van der Waals surface area contributed by atoms with Crippen molar-refractivity contribution in [1.82, 2.24) is 5.32 Å². The van der Waals surface area contributed by atoms with Crippen molar-refractivity contribution in [3.8, 4) is 0 Å². The molecule has 0 atom stereocenters. The Kier molecular flexibility index (Phi) is 4.63. The highest BCUT2D eigenvalue weighted by Gasteiger charge is 2.22. The Balaban J connectivity index is 2.03. The van der Waals surface area contributed by atoms with Crippen molar-refractivity contribution in [1.29, 1.82) is 0 Å². The average molecular weight is 306 g/mol. The molecule has 2 rings (SSSR count). The molecule has 0 aliphatic heterocycles. The summed E-state index contributed by atoms with van der Waals surface area (Å²) in [7, 11) is 0. The monoisotopic (exact) mass is 305 g/mol. The van der Waals surface area contributed by atoms with Gasteiger partial charge in [0.1, 0.15) is 5.82 Å². The normalized spacial score (nSPS) is 11.2. The van der Waals surface area contributed by atoms with E-state index in [2.05, 4.69) is 5.32 Å². The van der Waals surface area contributed by atoms with Crippen molar-refractivity contribution in [2.75, 3.05) is 0 Å². The van der Waals surface area contributed by atoms with Crippen LogP contribution in [0.3, 0.4) is 0 Å². The first-order valence-corrected chi connectivity index (χ1v) is 7.06. The summed E-state index contributed by atoms with van der Waals surface area (Å²) in [5, 5.41) is 3.64. The van der Waals surface area contributed by atoms with Crippen LogP contribution >= 0.6 is 11.6 Å². The molecule has 2 aromatic rings. The van der Waals surface area contributed by atoms with E-state index < -0.39 is 5.54 Å². The topological polar surface area (TPSA) is 29.1 Å². The zero-order chi connectivity index (χ0) is 15.5. The number of rotatable bonds is 4. The number of carbonyl (C=O) groups is 1. The van der Waals surface area contributed by atoms with E-state index in [0.717, 1.165) is 11.1 Å². The number of hydrogen-bond donors (Lipinski definition) is 1. The lowest BCUT2D eigenvalue weighted by molar-refractivity contribution is -0.122. The smallest absolute Gasteiger partial charge is 0.225 e. The molecule has 0 aromatic heterocycles. The summed E-state index contributed by atoms with van der Waals surface area (Å²) in [6.07, 6.45) is 0.220. The van der Waals surface area contributed by atoms with Gasteiger partial charge in [-0.05, 0) is 49.2 Å². The zero-order valence-electron chi connectivity index (χ0n) is 12.0. The molecule has 110 valence electrons. The third-order valence-corrected chi connectivity index (χ3v) is 3.55. The third-order valence-electron chi connectivity index (χ3n) is 3.30. The molecule has 0 saturated heterocycles. The summed E-state index contributed by atoms with van der Waals surface area (Å²) in [5.74, 6) is -0.415. The van der Waals surface area contributed by atoms with Gasteiger partial charge in [0.2, 0.25) is 5.91 Å². The lowest BCUT2D eigenvalue weighted by Crippen LogP contribution is -2.41. The van der Waals surface area contributed by atoms with Gasteiger partial charge in [0.05, 0.1) is 12.0 Å². The Hall–Kier alpha value is -1.87. The third kappa shape index (κ3) is 4.30. The first kappa shape index (κ1) is 15.5. The predicted octanol–water partition coefficient (Wildman–Crippen LogP) is 4.07. The molecule has 0 aliphatic rings. The van der Waals surface area contributed by atoms with Gasteiger partial charge in [-0.15, -0.1) is 0 Å². The molecule has 2 nitrogen and oxygen atoms in total. The van der Waals surface area contributed by atoms with E-state index >= 15 is 0 Å². The maximum Gasteiger partial charge on any atom is 0.225 e. The second-order valence-electron chi connectivity index (χ2n) is 5.48. The van der Waals surface area contributed by atoms with E-state index in [0.29, 0.717) is 5.02 Å². The molecule has 0 spiro atoms. The van der Waals surface area contributed by atoms with Crippen molar-refractivity contribution in [3.05, 3.63) is 70.5 Å². The Morgan fingerprint density at radius 2 is 1.67 bits per heavy atom. The molecule has 0 radical (unpaired) electrons. The van der Waals surface area contributed by atoms with Gasteiger partial charge in [-0.1, -0.05) is 35.9 Å². The van der Waals surface area contributed by atoms with E-state index in [1.165, 1.54) is 12.1 Å². The fourth-order valence-electron chi connectivity index (χ4n) is 2.12. The van der Waals surface area contributed by atoms with E-state index in [-0.39, 0.29) is 18.1 Å². The molecule has 0 bridgehead atoms. The van der Waals surface area contributed by atoms with Gasteiger partial charge in [-0.3, -0.25) is 4.79 Å². The quantitative estimate of drug-likeness (QED) is 0.906. The predicted molar refractivity (Wildman–Crippen MR) is 82.7 cm³/mol. The second kappa shape index (κ2) is 6.27. The molecule has 0 unspecified atom stereocenters. The van der Waals surface area contributed by atoms with Gasteiger partial charge in [0.15, 0.2) is 0 Å². The SMILES string of the molecule is CC(C)(NC(=O)Cc1ccc(F)cc1)c1ccc(Cl)cc1. The second-order valence-corrected chi connectivity index (χ2v) is 5.92. The molecule has 0 heterocycles. The van der Waals surface area contributed by atoms with Crippen molar-refractivity contribution < 1.29 is 9.18 Å². The van der Waals surface area contributed by atoms with Gasteiger partial charge in [0.25, 0.3) is 0 Å². The Morgan fingerprint density at radius 1 is 1.10 bits per heavy atom. The summed E-state index contributed by atoms with van der Waals surface area (Å²) >= 11 is 5.87. The summed E-state index contributed by atoms with van der Waals surface area (Å²) in [6.45, 7) is 3.86. The minimum absolute atomic E-state index is 0.110. The largest absolute Gasteiger partial charge is 0.347 e. The Morgan fingerprint density at radius 3 is 2.24 bits per heavy atom. The molecule has 0 aliphatic carbocycles. The number of benzene rings is 2. The molecule has 0 saturated carbocycles. The maximum absolute atomic E-state index is 12.8. The van der Waals surface area contributed by atoms with Crippen LogP contribution in [0.1, 0.15) is 25.0 Å². The standard InChI is InChI=1S/C17H17ClFNO/c1-17(2,13-5-7-14(18)8-6-13)20-16(21)11-12-3-9-15(19)10-4-12/h3-10H,11H2,1-2H3,(H,20,21). The van der Waals surface area contributed by atoms with Crippen LogP contribution in [0.5, 0.6) is 0 Å². The first-order valence-electron chi connectivity index (χ1n) is 6.68. The molecule has 1 N–H and O–H groups in total. The van der Waals surface area contributed by atoms with Gasteiger partial charge < -0.3 is 5.32 Å². The maximum atomic E-state index is 12.8.